The highest BCUT2D eigenvalue weighted by atomic mass is 32.1. The quantitative estimate of drug-likeness (QED) is 0.309. The molecule has 0 amide bonds. The number of ether oxygens (including phenoxy) is 2. The van der Waals surface area contributed by atoms with Gasteiger partial charge in [-0.25, -0.2) is 0 Å². The second-order valence-electron chi connectivity index (χ2n) is 8.87. The number of benzene rings is 2. The van der Waals surface area contributed by atoms with Crippen molar-refractivity contribution in [3.63, 3.8) is 0 Å². The van der Waals surface area contributed by atoms with E-state index in [1.54, 1.807) is 7.11 Å². The number of aryl methyl sites for hydroxylation is 1. The topological polar surface area (TPSA) is 72.7 Å². The molecule has 0 aliphatic carbocycles. The minimum Gasteiger partial charge on any atom is -0.497 e. The Kier molecular flexibility index (Phi) is 7.83. The van der Waals surface area contributed by atoms with Crippen LogP contribution in [0, 0.1) is 6.92 Å². The molecule has 35 heavy (non-hydrogen) atoms. The summed E-state index contributed by atoms with van der Waals surface area (Å²) in [6, 6.07) is 15.8. The Morgan fingerprint density at radius 3 is 2.46 bits per heavy atom. The molecule has 1 aliphatic heterocycles. The number of hydrogen-bond donors (Lipinski definition) is 1. The fourth-order valence-corrected chi connectivity index (χ4v) is 4.41. The molecule has 184 valence electrons. The van der Waals surface area contributed by atoms with Crippen LogP contribution in [0.3, 0.4) is 0 Å². The number of rotatable bonds is 9. The Morgan fingerprint density at radius 2 is 1.80 bits per heavy atom. The van der Waals surface area contributed by atoms with E-state index in [1.807, 2.05) is 38.1 Å². The Balaban J connectivity index is 1.69. The van der Waals surface area contributed by atoms with Crippen LogP contribution in [0.4, 0.5) is 0 Å². The summed E-state index contributed by atoms with van der Waals surface area (Å²) in [6.07, 6.45) is 1.05. The molecular formula is C27H32N4O3S. The van der Waals surface area contributed by atoms with Crippen molar-refractivity contribution >= 4 is 22.9 Å². The zero-order chi connectivity index (χ0) is 24.9. The Hall–Kier alpha value is -3.23. The number of thiocarbonyl (C=S) groups is 1. The van der Waals surface area contributed by atoms with Crippen LogP contribution in [0.5, 0.6) is 5.75 Å². The fourth-order valence-electron chi connectivity index (χ4n) is 4.07. The maximum atomic E-state index is 5.82. The molecule has 1 N–H and O–H groups in total. The first-order chi connectivity index (χ1) is 16.9. The first-order valence-electron chi connectivity index (χ1n) is 11.8. The van der Waals surface area contributed by atoms with Gasteiger partial charge in [0.05, 0.1) is 24.8 Å². The number of nitrogens with one attached hydrogen (secondary N) is 1. The van der Waals surface area contributed by atoms with Gasteiger partial charge in [-0.15, -0.1) is 0 Å². The molecule has 2 heterocycles. The van der Waals surface area contributed by atoms with E-state index < -0.39 is 0 Å². The van der Waals surface area contributed by atoms with Gasteiger partial charge in [-0.2, -0.15) is 4.98 Å². The molecule has 3 aromatic rings. The lowest BCUT2D eigenvalue weighted by molar-refractivity contribution is 0.0749. The number of nitrogens with zero attached hydrogens (tertiary/aromatic N) is 3. The third-order valence-corrected chi connectivity index (χ3v) is 6.33. The van der Waals surface area contributed by atoms with Crippen molar-refractivity contribution < 1.29 is 14.0 Å². The Labute approximate surface area is 212 Å². The zero-order valence-electron chi connectivity index (χ0n) is 20.9. The molecule has 4 rings (SSSR count). The monoisotopic (exact) mass is 492 g/mol. The van der Waals surface area contributed by atoms with Gasteiger partial charge in [-0.05, 0) is 76.2 Å². The Bertz CT molecular complexity index is 1190. The highest BCUT2D eigenvalue weighted by Crippen LogP contribution is 2.37. The molecule has 0 fully saturated rings. The first kappa shape index (κ1) is 24.9. The summed E-state index contributed by atoms with van der Waals surface area (Å²) in [5, 5.41) is 8.46. The summed E-state index contributed by atoms with van der Waals surface area (Å²) in [4.78, 5) is 6.86. The van der Waals surface area contributed by atoms with Crippen LogP contribution in [0.15, 0.2) is 58.8 Å². The van der Waals surface area contributed by atoms with Crippen molar-refractivity contribution in [1.29, 1.82) is 0 Å². The number of hydrogen-bond acceptors (Lipinski definition) is 6. The van der Waals surface area contributed by atoms with Gasteiger partial charge >= 0.3 is 0 Å². The van der Waals surface area contributed by atoms with E-state index in [-0.39, 0.29) is 12.1 Å². The summed E-state index contributed by atoms with van der Waals surface area (Å²) in [5.41, 5.74) is 5.04. The maximum absolute atomic E-state index is 5.82. The van der Waals surface area contributed by atoms with Crippen molar-refractivity contribution in [1.82, 2.24) is 20.4 Å². The molecule has 0 bridgehead atoms. The summed E-state index contributed by atoms with van der Waals surface area (Å²) in [5.74, 6) is 1.77. The van der Waals surface area contributed by atoms with Gasteiger partial charge in [0.2, 0.25) is 5.82 Å². The second kappa shape index (κ2) is 11.0. The zero-order valence-corrected chi connectivity index (χ0v) is 21.7. The fraction of sp³-hybridized carbons (Fsp3) is 0.370. The van der Waals surface area contributed by atoms with E-state index in [2.05, 4.69) is 53.5 Å². The average molecular weight is 493 g/mol. The van der Waals surface area contributed by atoms with E-state index in [9.17, 15) is 0 Å². The summed E-state index contributed by atoms with van der Waals surface area (Å²) < 4.78 is 16.8. The molecule has 0 saturated heterocycles. The summed E-state index contributed by atoms with van der Waals surface area (Å²) in [6.45, 7) is 9.61. The molecule has 7 nitrogen and oxygen atoms in total. The highest BCUT2D eigenvalue weighted by molar-refractivity contribution is 7.80. The summed E-state index contributed by atoms with van der Waals surface area (Å²) >= 11 is 5.78. The van der Waals surface area contributed by atoms with Gasteiger partial charge in [0.1, 0.15) is 5.75 Å². The number of methoxy groups -OCH3 is 1. The minimum atomic E-state index is -0.199. The molecular weight excluding hydrogens is 460 g/mol. The molecule has 1 aromatic heterocycles. The van der Waals surface area contributed by atoms with E-state index in [4.69, 9.17) is 31.2 Å². The van der Waals surface area contributed by atoms with E-state index in [0.29, 0.717) is 23.4 Å². The van der Waals surface area contributed by atoms with Crippen LogP contribution < -0.4 is 10.1 Å². The van der Waals surface area contributed by atoms with E-state index in [1.165, 1.54) is 5.56 Å². The standard InChI is InChI=1S/C27H32N4O3S/c1-17(2)33-16-6-15-31-19(4)23(24(28-27(31)35)20-9-7-18(3)8-10-20)26-29-25(30-34-26)21-11-13-22(32-5)14-12-21/h7-14,17,24H,6,15-16H2,1-5H3,(H,28,35). The van der Waals surface area contributed by atoms with Gasteiger partial charge in [-0.1, -0.05) is 35.0 Å². The van der Waals surface area contributed by atoms with E-state index in [0.717, 1.165) is 41.1 Å². The molecule has 0 spiro atoms. The van der Waals surface area contributed by atoms with Gasteiger partial charge in [0.25, 0.3) is 5.89 Å². The van der Waals surface area contributed by atoms with Crippen molar-refractivity contribution in [2.75, 3.05) is 20.3 Å². The van der Waals surface area contributed by atoms with Gasteiger partial charge in [0, 0.05) is 24.4 Å². The lowest BCUT2D eigenvalue weighted by Gasteiger charge is -2.37. The van der Waals surface area contributed by atoms with Crippen LogP contribution in [-0.4, -0.2) is 46.5 Å². The first-order valence-corrected chi connectivity index (χ1v) is 12.2. The lowest BCUT2D eigenvalue weighted by atomic mass is 9.94. The third-order valence-electron chi connectivity index (χ3n) is 5.99. The Morgan fingerprint density at radius 1 is 1.09 bits per heavy atom. The van der Waals surface area contributed by atoms with Crippen LogP contribution in [0.25, 0.3) is 17.0 Å². The molecule has 1 unspecified atom stereocenters. The van der Waals surface area contributed by atoms with Crippen molar-refractivity contribution in [3.05, 3.63) is 71.2 Å². The largest absolute Gasteiger partial charge is 0.497 e. The molecule has 0 saturated carbocycles. The lowest BCUT2D eigenvalue weighted by Crippen LogP contribution is -2.46. The molecule has 0 radical (unpaired) electrons. The van der Waals surface area contributed by atoms with Gasteiger partial charge < -0.3 is 24.2 Å². The molecule has 1 aliphatic rings. The van der Waals surface area contributed by atoms with Crippen LogP contribution in [-0.2, 0) is 4.74 Å². The summed E-state index contributed by atoms with van der Waals surface area (Å²) in [7, 11) is 1.64. The predicted molar refractivity (Wildman–Crippen MR) is 141 cm³/mol. The maximum Gasteiger partial charge on any atom is 0.258 e. The van der Waals surface area contributed by atoms with Crippen molar-refractivity contribution in [2.24, 2.45) is 0 Å². The van der Waals surface area contributed by atoms with Crippen LogP contribution in [0.1, 0.15) is 50.3 Å². The van der Waals surface area contributed by atoms with Gasteiger partial charge in [-0.3, -0.25) is 0 Å². The second-order valence-corrected chi connectivity index (χ2v) is 9.26. The predicted octanol–water partition coefficient (Wildman–Crippen LogP) is 5.53. The van der Waals surface area contributed by atoms with Crippen molar-refractivity contribution in [2.45, 2.75) is 46.3 Å². The highest BCUT2D eigenvalue weighted by Gasteiger charge is 2.33. The number of aromatic nitrogens is 2. The van der Waals surface area contributed by atoms with E-state index >= 15 is 0 Å². The molecule has 8 heteroatoms. The minimum absolute atomic E-state index is 0.199. The smallest absolute Gasteiger partial charge is 0.258 e. The normalized spacial score (nSPS) is 16.1. The van der Waals surface area contributed by atoms with Gasteiger partial charge in [0.15, 0.2) is 5.11 Å². The SMILES string of the molecule is COc1ccc(-c2noc(C3=C(C)N(CCCOC(C)C)C(=S)NC3c3ccc(C)cc3)n2)cc1. The molecule has 1 atom stereocenters. The molecule has 2 aromatic carbocycles. The van der Waals surface area contributed by atoms with Crippen LogP contribution >= 0.6 is 12.2 Å². The number of allylic oxidation sites excluding steroid dienone is 1. The van der Waals surface area contributed by atoms with Crippen molar-refractivity contribution in [3.8, 4) is 17.1 Å². The average Bonchev–Trinajstić information content (AvgIpc) is 3.33. The van der Waals surface area contributed by atoms with Crippen LogP contribution in [0.2, 0.25) is 0 Å². The third kappa shape index (κ3) is 5.71.